The third-order valence-electron chi connectivity index (χ3n) is 3.93. The van der Waals surface area contributed by atoms with Crippen molar-refractivity contribution in [2.75, 3.05) is 0 Å². The molecule has 6 heteroatoms. The van der Waals surface area contributed by atoms with E-state index < -0.39 is 29.2 Å². The maximum atomic E-state index is 13.8. The second-order valence-corrected chi connectivity index (χ2v) is 4.73. The highest BCUT2D eigenvalue weighted by molar-refractivity contribution is 5.94. The average Bonchev–Trinajstić information content (AvgIpc) is 2.42. The maximum Gasteiger partial charge on any atom is 0.197 e. The molecule has 1 aromatic rings. The first-order chi connectivity index (χ1) is 8.56. The van der Waals surface area contributed by atoms with Crippen LogP contribution < -0.4 is 5.84 Å². The summed E-state index contributed by atoms with van der Waals surface area (Å²) in [7, 11) is 0. The van der Waals surface area contributed by atoms with Crippen molar-refractivity contribution in [2.24, 2.45) is 10.9 Å². The molecule has 2 bridgehead atoms. The van der Waals surface area contributed by atoms with E-state index in [2.05, 4.69) is 5.10 Å². The van der Waals surface area contributed by atoms with Crippen LogP contribution in [0.15, 0.2) is 5.10 Å². The van der Waals surface area contributed by atoms with Crippen molar-refractivity contribution in [1.82, 2.24) is 0 Å². The molecule has 2 nitrogen and oxygen atoms in total. The fourth-order valence-electron chi connectivity index (χ4n) is 3.14. The second kappa shape index (κ2) is 3.70. The molecule has 1 aromatic carbocycles. The Kier molecular flexibility index (Phi) is 2.36. The van der Waals surface area contributed by atoms with Gasteiger partial charge in [-0.2, -0.15) is 5.10 Å². The summed E-state index contributed by atoms with van der Waals surface area (Å²) < 4.78 is 54.1. The van der Waals surface area contributed by atoms with Crippen molar-refractivity contribution < 1.29 is 17.6 Å². The quantitative estimate of drug-likeness (QED) is 0.251. The Balaban J connectivity index is 2.34. The van der Waals surface area contributed by atoms with Gasteiger partial charge < -0.3 is 5.84 Å². The molecule has 2 atom stereocenters. The zero-order valence-corrected chi connectivity index (χ0v) is 9.31. The minimum atomic E-state index is -1.75. The standard InChI is InChI=1S/C12H10F4N2/c13-9-7-4-1-2-5(6(3-4)18-17)8(7)10(14)12(16)11(9)15/h4-5H,1-3,17H2/b18-6+/t4-,5-/m1/s1. The van der Waals surface area contributed by atoms with Crippen molar-refractivity contribution in [3.8, 4) is 0 Å². The van der Waals surface area contributed by atoms with E-state index in [9.17, 15) is 17.6 Å². The first-order valence-corrected chi connectivity index (χ1v) is 5.68. The Labute approximate surface area is 100 Å². The van der Waals surface area contributed by atoms with Gasteiger partial charge >= 0.3 is 0 Å². The van der Waals surface area contributed by atoms with E-state index in [0.717, 1.165) is 0 Å². The molecule has 0 heterocycles. The summed E-state index contributed by atoms with van der Waals surface area (Å²) in [5.41, 5.74) is 0.399. The lowest BCUT2D eigenvalue weighted by Crippen LogP contribution is -2.33. The van der Waals surface area contributed by atoms with Crippen LogP contribution in [0.25, 0.3) is 0 Å². The van der Waals surface area contributed by atoms with Crippen LogP contribution in [-0.2, 0) is 0 Å². The van der Waals surface area contributed by atoms with Crippen LogP contribution in [0.4, 0.5) is 17.6 Å². The van der Waals surface area contributed by atoms with Crippen molar-refractivity contribution in [2.45, 2.75) is 31.1 Å². The predicted molar refractivity (Wildman–Crippen MR) is 57.2 cm³/mol. The molecule has 3 aliphatic carbocycles. The minimum Gasteiger partial charge on any atom is -0.323 e. The van der Waals surface area contributed by atoms with Crippen LogP contribution in [0.2, 0.25) is 0 Å². The van der Waals surface area contributed by atoms with Gasteiger partial charge in [0, 0.05) is 22.8 Å². The summed E-state index contributed by atoms with van der Waals surface area (Å²) in [6.07, 6.45) is 1.53. The van der Waals surface area contributed by atoms with Crippen LogP contribution >= 0.6 is 0 Å². The first-order valence-electron chi connectivity index (χ1n) is 5.68. The van der Waals surface area contributed by atoms with Crippen molar-refractivity contribution in [3.63, 3.8) is 0 Å². The van der Waals surface area contributed by atoms with Gasteiger partial charge in [-0.05, 0) is 25.2 Å². The Morgan fingerprint density at radius 3 is 2.11 bits per heavy atom. The van der Waals surface area contributed by atoms with Gasteiger partial charge in [0.25, 0.3) is 0 Å². The van der Waals surface area contributed by atoms with Gasteiger partial charge in [0.2, 0.25) is 0 Å². The molecular formula is C12H10F4N2. The number of nitrogens with two attached hydrogens (primary N) is 1. The Bertz CT molecular complexity index is 568. The molecule has 1 fully saturated rings. The van der Waals surface area contributed by atoms with Crippen LogP contribution in [0.3, 0.4) is 0 Å². The van der Waals surface area contributed by atoms with Crippen LogP contribution in [0, 0.1) is 23.3 Å². The van der Waals surface area contributed by atoms with E-state index in [0.29, 0.717) is 25.0 Å². The molecule has 3 aliphatic rings. The van der Waals surface area contributed by atoms with E-state index in [-0.39, 0.29) is 17.0 Å². The molecule has 0 amide bonds. The van der Waals surface area contributed by atoms with Gasteiger partial charge in [-0.15, -0.1) is 0 Å². The third-order valence-corrected chi connectivity index (χ3v) is 3.93. The monoisotopic (exact) mass is 258 g/mol. The summed E-state index contributed by atoms with van der Waals surface area (Å²) in [6.45, 7) is 0. The van der Waals surface area contributed by atoms with Crippen LogP contribution in [0.5, 0.6) is 0 Å². The minimum absolute atomic E-state index is 0.0324. The highest BCUT2D eigenvalue weighted by Crippen LogP contribution is 2.50. The molecular weight excluding hydrogens is 248 g/mol. The molecule has 0 spiro atoms. The largest absolute Gasteiger partial charge is 0.323 e. The lowest BCUT2D eigenvalue weighted by molar-refractivity contribution is 0.369. The topological polar surface area (TPSA) is 38.4 Å². The molecule has 96 valence electrons. The van der Waals surface area contributed by atoms with Gasteiger partial charge in [0.05, 0.1) is 0 Å². The second-order valence-electron chi connectivity index (χ2n) is 4.73. The normalized spacial score (nSPS) is 27.7. The number of benzene rings is 1. The average molecular weight is 258 g/mol. The third kappa shape index (κ3) is 1.26. The molecule has 0 unspecified atom stereocenters. The van der Waals surface area contributed by atoms with Gasteiger partial charge in [-0.1, -0.05) is 0 Å². The number of hydrazone groups is 1. The number of hydrogen-bond donors (Lipinski definition) is 1. The Morgan fingerprint density at radius 2 is 1.50 bits per heavy atom. The summed E-state index contributed by atoms with van der Waals surface area (Å²) in [6, 6.07) is 0. The molecule has 0 aliphatic heterocycles. The predicted octanol–water partition coefficient (Wildman–Crippen LogP) is 2.92. The molecule has 4 rings (SSSR count). The van der Waals surface area contributed by atoms with Gasteiger partial charge in [0.1, 0.15) is 0 Å². The van der Waals surface area contributed by atoms with Gasteiger partial charge in [-0.25, -0.2) is 17.6 Å². The smallest absolute Gasteiger partial charge is 0.197 e. The van der Waals surface area contributed by atoms with Crippen molar-refractivity contribution >= 4 is 5.71 Å². The highest BCUT2D eigenvalue weighted by atomic mass is 19.2. The fourth-order valence-corrected chi connectivity index (χ4v) is 3.14. The van der Waals surface area contributed by atoms with E-state index in [1.165, 1.54) is 0 Å². The molecule has 18 heavy (non-hydrogen) atoms. The molecule has 0 saturated heterocycles. The maximum absolute atomic E-state index is 13.8. The molecule has 2 N–H and O–H groups in total. The molecule has 0 aromatic heterocycles. The summed E-state index contributed by atoms with van der Waals surface area (Å²) in [5, 5.41) is 3.56. The lowest BCUT2D eigenvalue weighted by Gasteiger charge is -2.39. The summed E-state index contributed by atoms with van der Waals surface area (Å²) in [4.78, 5) is 0. The van der Waals surface area contributed by atoms with E-state index in [4.69, 9.17) is 5.84 Å². The number of rotatable bonds is 0. The Morgan fingerprint density at radius 1 is 0.889 bits per heavy atom. The molecule has 0 radical (unpaired) electrons. The van der Waals surface area contributed by atoms with Crippen LogP contribution in [-0.4, -0.2) is 5.71 Å². The highest BCUT2D eigenvalue weighted by Gasteiger charge is 2.43. The number of hydrogen-bond acceptors (Lipinski definition) is 2. The Hall–Kier alpha value is -1.59. The lowest BCUT2D eigenvalue weighted by atomic mass is 9.65. The number of halogens is 4. The van der Waals surface area contributed by atoms with Crippen LogP contribution in [0.1, 0.15) is 42.2 Å². The summed E-state index contributed by atoms with van der Waals surface area (Å²) >= 11 is 0. The first kappa shape index (κ1) is 11.5. The van der Waals surface area contributed by atoms with E-state index in [1.807, 2.05) is 0 Å². The van der Waals surface area contributed by atoms with E-state index in [1.54, 1.807) is 0 Å². The van der Waals surface area contributed by atoms with Crippen molar-refractivity contribution in [1.29, 1.82) is 0 Å². The van der Waals surface area contributed by atoms with Crippen molar-refractivity contribution in [3.05, 3.63) is 34.4 Å². The molecule has 1 saturated carbocycles. The van der Waals surface area contributed by atoms with Gasteiger partial charge in [0.15, 0.2) is 23.3 Å². The van der Waals surface area contributed by atoms with E-state index >= 15 is 0 Å². The fraction of sp³-hybridized carbons (Fsp3) is 0.417. The zero-order valence-electron chi connectivity index (χ0n) is 9.31. The SMILES string of the molecule is N/N=C1\C[C@H]2CC[C@H]1c1c(F)c(F)c(F)c(F)c12. The number of nitrogens with zero attached hydrogens (tertiary/aromatic N) is 1. The van der Waals surface area contributed by atoms with Gasteiger partial charge in [-0.3, -0.25) is 0 Å². The summed E-state index contributed by atoms with van der Waals surface area (Å²) in [5.74, 6) is -1.75. The number of fused-ring (bicyclic) bond motifs is 2. The zero-order chi connectivity index (χ0) is 13.0.